The van der Waals surface area contributed by atoms with Gasteiger partial charge in [-0.3, -0.25) is 0 Å². The SMILES string of the molecule is CC(C)NCCCc1ncc(-c2c(F)cccc2Cl)o1. The molecule has 0 radical (unpaired) electrons. The summed E-state index contributed by atoms with van der Waals surface area (Å²) in [6, 6.07) is 5.02. The third-order valence-electron chi connectivity index (χ3n) is 2.88. The summed E-state index contributed by atoms with van der Waals surface area (Å²) < 4.78 is 19.3. The lowest BCUT2D eigenvalue weighted by Crippen LogP contribution is -2.23. The molecule has 5 heteroatoms. The summed E-state index contributed by atoms with van der Waals surface area (Å²) in [5, 5.41) is 3.65. The lowest BCUT2D eigenvalue weighted by Gasteiger charge is -2.06. The molecule has 20 heavy (non-hydrogen) atoms. The number of halogens is 2. The van der Waals surface area contributed by atoms with Crippen LogP contribution in [0, 0.1) is 5.82 Å². The Bertz CT molecular complexity index is 549. The highest BCUT2D eigenvalue weighted by molar-refractivity contribution is 6.33. The minimum atomic E-state index is -0.401. The fourth-order valence-electron chi connectivity index (χ4n) is 1.90. The number of oxazole rings is 1. The maximum Gasteiger partial charge on any atom is 0.194 e. The van der Waals surface area contributed by atoms with Gasteiger partial charge in [-0.2, -0.15) is 0 Å². The smallest absolute Gasteiger partial charge is 0.194 e. The molecule has 1 N–H and O–H groups in total. The molecule has 0 bridgehead atoms. The monoisotopic (exact) mass is 296 g/mol. The molecule has 0 saturated heterocycles. The van der Waals surface area contributed by atoms with Crippen LogP contribution in [0.15, 0.2) is 28.8 Å². The van der Waals surface area contributed by atoms with Gasteiger partial charge in [0.1, 0.15) is 5.82 Å². The van der Waals surface area contributed by atoms with Gasteiger partial charge in [0.15, 0.2) is 11.7 Å². The first-order valence-corrected chi connectivity index (χ1v) is 7.08. The molecule has 0 aliphatic carbocycles. The number of hydrogen-bond donors (Lipinski definition) is 1. The van der Waals surface area contributed by atoms with Crippen molar-refractivity contribution in [1.82, 2.24) is 10.3 Å². The predicted molar refractivity (Wildman–Crippen MR) is 78.4 cm³/mol. The van der Waals surface area contributed by atoms with Crippen molar-refractivity contribution in [2.45, 2.75) is 32.7 Å². The zero-order valence-electron chi connectivity index (χ0n) is 11.6. The summed E-state index contributed by atoms with van der Waals surface area (Å²) in [6.07, 6.45) is 3.16. The number of hydrogen-bond acceptors (Lipinski definition) is 3. The Kier molecular flexibility index (Phi) is 5.15. The summed E-state index contributed by atoms with van der Waals surface area (Å²) in [5.41, 5.74) is 0.272. The molecule has 1 aromatic heterocycles. The van der Waals surface area contributed by atoms with E-state index in [9.17, 15) is 4.39 Å². The van der Waals surface area contributed by atoms with Crippen LogP contribution in [0.25, 0.3) is 11.3 Å². The van der Waals surface area contributed by atoms with Gasteiger partial charge in [0.2, 0.25) is 0 Å². The zero-order valence-corrected chi connectivity index (χ0v) is 12.4. The molecule has 0 atom stereocenters. The highest BCUT2D eigenvalue weighted by Gasteiger charge is 2.14. The van der Waals surface area contributed by atoms with Gasteiger partial charge in [-0.05, 0) is 25.1 Å². The van der Waals surface area contributed by atoms with Crippen LogP contribution in [0.3, 0.4) is 0 Å². The Morgan fingerprint density at radius 1 is 1.40 bits per heavy atom. The van der Waals surface area contributed by atoms with E-state index in [0.717, 1.165) is 13.0 Å². The quantitative estimate of drug-likeness (QED) is 0.817. The van der Waals surface area contributed by atoms with E-state index >= 15 is 0 Å². The van der Waals surface area contributed by atoms with Crippen LogP contribution in [0.4, 0.5) is 4.39 Å². The van der Waals surface area contributed by atoms with E-state index in [1.54, 1.807) is 12.1 Å². The van der Waals surface area contributed by atoms with E-state index in [2.05, 4.69) is 24.1 Å². The molecule has 0 fully saturated rings. The first-order chi connectivity index (χ1) is 9.58. The molecule has 3 nitrogen and oxygen atoms in total. The van der Waals surface area contributed by atoms with Crippen LogP contribution < -0.4 is 5.32 Å². The van der Waals surface area contributed by atoms with Gasteiger partial charge in [-0.1, -0.05) is 31.5 Å². The Labute approximate surface area is 123 Å². The van der Waals surface area contributed by atoms with Crippen molar-refractivity contribution < 1.29 is 8.81 Å². The van der Waals surface area contributed by atoms with E-state index in [4.69, 9.17) is 16.0 Å². The van der Waals surface area contributed by atoms with Crippen molar-refractivity contribution in [2.75, 3.05) is 6.54 Å². The van der Waals surface area contributed by atoms with Gasteiger partial charge < -0.3 is 9.73 Å². The minimum Gasteiger partial charge on any atom is -0.441 e. The second-order valence-electron chi connectivity index (χ2n) is 4.93. The van der Waals surface area contributed by atoms with Gasteiger partial charge in [0.25, 0.3) is 0 Å². The molecule has 2 aromatic rings. The van der Waals surface area contributed by atoms with Gasteiger partial charge in [0.05, 0.1) is 16.8 Å². The van der Waals surface area contributed by atoms with Crippen molar-refractivity contribution in [3.05, 3.63) is 41.1 Å². The van der Waals surface area contributed by atoms with Crippen molar-refractivity contribution in [3.63, 3.8) is 0 Å². The molecular formula is C15H18ClFN2O. The van der Waals surface area contributed by atoms with Crippen LogP contribution in [0.1, 0.15) is 26.2 Å². The molecule has 1 heterocycles. The zero-order chi connectivity index (χ0) is 14.5. The van der Waals surface area contributed by atoms with E-state index in [0.29, 0.717) is 29.1 Å². The molecule has 0 saturated carbocycles. The summed E-state index contributed by atoms with van der Waals surface area (Å²) in [5.74, 6) is 0.575. The number of aromatic nitrogens is 1. The largest absolute Gasteiger partial charge is 0.441 e. The number of nitrogens with zero attached hydrogens (tertiary/aromatic N) is 1. The van der Waals surface area contributed by atoms with Crippen molar-refractivity contribution in [1.29, 1.82) is 0 Å². The van der Waals surface area contributed by atoms with Crippen LogP contribution in [-0.4, -0.2) is 17.6 Å². The van der Waals surface area contributed by atoms with Gasteiger partial charge in [0, 0.05) is 12.5 Å². The maximum absolute atomic E-state index is 13.8. The first-order valence-electron chi connectivity index (χ1n) is 6.70. The van der Waals surface area contributed by atoms with Crippen molar-refractivity contribution in [2.24, 2.45) is 0 Å². The molecule has 0 amide bonds. The summed E-state index contributed by atoms with van der Waals surface area (Å²) in [7, 11) is 0. The average Bonchev–Trinajstić information content (AvgIpc) is 2.83. The lowest BCUT2D eigenvalue weighted by molar-refractivity contribution is 0.482. The van der Waals surface area contributed by atoms with E-state index < -0.39 is 5.82 Å². The van der Waals surface area contributed by atoms with Gasteiger partial charge >= 0.3 is 0 Å². The normalized spacial score (nSPS) is 11.2. The fraction of sp³-hybridized carbons (Fsp3) is 0.400. The number of rotatable bonds is 6. The number of nitrogens with one attached hydrogen (secondary N) is 1. The summed E-state index contributed by atoms with van der Waals surface area (Å²) >= 11 is 6.00. The standard InChI is InChI=1S/C15H18ClFN2O/c1-10(2)18-8-4-7-14-19-9-13(20-14)15-11(16)5-3-6-12(15)17/h3,5-6,9-10,18H,4,7-8H2,1-2H3. The lowest BCUT2D eigenvalue weighted by atomic mass is 10.2. The van der Waals surface area contributed by atoms with Crippen molar-refractivity contribution in [3.8, 4) is 11.3 Å². The number of aryl methyl sites for hydroxylation is 1. The second kappa shape index (κ2) is 6.86. The van der Waals surface area contributed by atoms with Crippen molar-refractivity contribution >= 4 is 11.6 Å². The third-order valence-corrected chi connectivity index (χ3v) is 3.20. The Morgan fingerprint density at radius 3 is 2.90 bits per heavy atom. The summed E-state index contributed by atoms with van der Waals surface area (Å²) in [6.45, 7) is 5.10. The van der Waals surface area contributed by atoms with Crippen LogP contribution in [0.5, 0.6) is 0 Å². The molecule has 0 unspecified atom stereocenters. The van der Waals surface area contributed by atoms with Gasteiger partial charge in [-0.15, -0.1) is 0 Å². The van der Waals surface area contributed by atoms with E-state index in [1.807, 2.05) is 0 Å². The van der Waals surface area contributed by atoms with Crippen LogP contribution >= 0.6 is 11.6 Å². The average molecular weight is 297 g/mol. The molecule has 0 aliphatic heterocycles. The van der Waals surface area contributed by atoms with Crippen LogP contribution in [0.2, 0.25) is 5.02 Å². The van der Waals surface area contributed by atoms with E-state index in [1.165, 1.54) is 12.3 Å². The molecule has 2 rings (SSSR count). The minimum absolute atomic E-state index is 0.272. The third kappa shape index (κ3) is 3.81. The molecular weight excluding hydrogens is 279 g/mol. The molecule has 1 aromatic carbocycles. The fourth-order valence-corrected chi connectivity index (χ4v) is 2.16. The summed E-state index contributed by atoms with van der Waals surface area (Å²) in [4.78, 5) is 4.17. The highest BCUT2D eigenvalue weighted by atomic mass is 35.5. The molecule has 0 aliphatic rings. The predicted octanol–water partition coefficient (Wildman–Crippen LogP) is 4.06. The van der Waals surface area contributed by atoms with E-state index in [-0.39, 0.29) is 5.56 Å². The maximum atomic E-state index is 13.8. The van der Waals surface area contributed by atoms with Gasteiger partial charge in [-0.25, -0.2) is 9.37 Å². The van der Waals surface area contributed by atoms with Crippen LogP contribution in [-0.2, 0) is 6.42 Å². The first kappa shape index (κ1) is 15.0. The molecule has 108 valence electrons. The molecule has 0 spiro atoms. The Balaban J connectivity index is 2.02. The number of benzene rings is 1. The topological polar surface area (TPSA) is 38.1 Å². The Morgan fingerprint density at radius 2 is 2.20 bits per heavy atom. The Hall–Kier alpha value is -1.39. The highest BCUT2D eigenvalue weighted by Crippen LogP contribution is 2.30. The second-order valence-corrected chi connectivity index (χ2v) is 5.33.